The molecule has 0 saturated carbocycles. The van der Waals surface area contributed by atoms with Crippen molar-refractivity contribution in [3.05, 3.63) is 34.6 Å². The molecule has 0 aromatic heterocycles. The molecule has 17 heavy (non-hydrogen) atoms. The molecule has 1 unspecified atom stereocenters. The summed E-state index contributed by atoms with van der Waals surface area (Å²) in [5, 5.41) is 0.161. The van der Waals surface area contributed by atoms with E-state index in [0.717, 1.165) is 31.6 Å². The molecule has 4 heteroatoms. The van der Waals surface area contributed by atoms with Gasteiger partial charge in [-0.25, -0.2) is 4.39 Å². The Kier molecular flexibility index (Phi) is 4.37. The molecule has 94 valence electrons. The highest BCUT2D eigenvalue weighted by Crippen LogP contribution is 2.22. The van der Waals surface area contributed by atoms with Crippen LogP contribution in [-0.4, -0.2) is 19.3 Å². The first-order chi connectivity index (χ1) is 8.16. The Morgan fingerprint density at radius 3 is 2.76 bits per heavy atom. The molecule has 1 atom stereocenters. The van der Waals surface area contributed by atoms with Gasteiger partial charge in [-0.3, -0.25) is 0 Å². The second-order valence-electron chi connectivity index (χ2n) is 4.57. The fraction of sp³-hybridized carbons (Fsp3) is 0.538. The lowest BCUT2D eigenvalue weighted by molar-refractivity contribution is 0.0585. The van der Waals surface area contributed by atoms with Crippen molar-refractivity contribution >= 4 is 11.6 Å². The highest BCUT2D eigenvalue weighted by molar-refractivity contribution is 6.30. The summed E-state index contributed by atoms with van der Waals surface area (Å²) in [6.07, 6.45) is 2.69. The normalized spacial score (nSPS) is 19.2. The van der Waals surface area contributed by atoms with E-state index in [9.17, 15) is 4.39 Å². The predicted molar refractivity (Wildman–Crippen MR) is 66.6 cm³/mol. The van der Waals surface area contributed by atoms with Crippen LogP contribution in [0, 0.1) is 11.7 Å². The van der Waals surface area contributed by atoms with Crippen molar-refractivity contribution < 1.29 is 9.13 Å². The van der Waals surface area contributed by atoms with E-state index in [4.69, 9.17) is 22.1 Å². The molecule has 1 saturated heterocycles. The molecule has 2 nitrogen and oxygen atoms in total. The van der Waals surface area contributed by atoms with Crippen LogP contribution in [0.25, 0.3) is 0 Å². The van der Waals surface area contributed by atoms with Crippen LogP contribution in [0.1, 0.15) is 18.4 Å². The standard InChI is InChI=1S/C13H17ClFNO/c14-11-2-1-9(7-12(11)15)8-13(16)10-3-5-17-6-4-10/h1-2,7,10,13H,3-6,8,16H2. The molecule has 1 aliphatic rings. The van der Waals surface area contributed by atoms with Crippen molar-refractivity contribution in [1.29, 1.82) is 0 Å². The van der Waals surface area contributed by atoms with Gasteiger partial charge >= 0.3 is 0 Å². The predicted octanol–water partition coefficient (Wildman–Crippen LogP) is 2.78. The quantitative estimate of drug-likeness (QED) is 0.904. The number of hydrogen-bond acceptors (Lipinski definition) is 2. The zero-order valence-electron chi connectivity index (χ0n) is 9.66. The van der Waals surface area contributed by atoms with Crippen molar-refractivity contribution in [3.63, 3.8) is 0 Å². The maximum Gasteiger partial charge on any atom is 0.142 e. The summed E-state index contributed by atoms with van der Waals surface area (Å²) in [5.41, 5.74) is 7.07. The second kappa shape index (κ2) is 5.80. The number of nitrogens with two attached hydrogens (primary N) is 1. The molecule has 1 aromatic carbocycles. The second-order valence-corrected chi connectivity index (χ2v) is 4.97. The van der Waals surface area contributed by atoms with Crippen molar-refractivity contribution in [3.8, 4) is 0 Å². The lowest BCUT2D eigenvalue weighted by Crippen LogP contribution is -2.36. The molecule has 2 rings (SSSR count). The van der Waals surface area contributed by atoms with E-state index in [1.54, 1.807) is 6.07 Å². The molecule has 0 aliphatic carbocycles. The van der Waals surface area contributed by atoms with Crippen molar-refractivity contribution in [1.82, 2.24) is 0 Å². The fourth-order valence-corrected chi connectivity index (χ4v) is 2.37. The van der Waals surface area contributed by atoms with E-state index in [1.807, 2.05) is 6.07 Å². The maximum atomic E-state index is 13.3. The summed E-state index contributed by atoms with van der Waals surface area (Å²) < 4.78 is 18.6. The smallest absolute Gasteiger partial charge is 0.142 e. The van der Waals surface area contributed by atoms with Crippen molar-refractivity contribution in [2.45, 2.75) is 25.3 Å². The van der Waals surface area contributed by atoms with E-state index < -0.39 is 0 Å². The van der Waals surface area contributed by atoms with Gasteiger partial charge in [-0.15, -0.1) is 0 Å². The number of ether oxygens (including phenoxy) is 1. The zero-order chi connectivity index (χ0) is 12.3. The molecular weight excluding hydrogens is 241 g/mol. The first kappa shape index (κ1) is 12.8. The van der Waals surface area contributed by atoms with Gasteiger partial charge in [-0.05, 0) is 42.9 Å². The monoisotopic (exact) mass is 257 g/mol. The van der Waals surface area contributed by atoms with Crippen LogP contribution in [-0.2, 0) is 11.2 Å². The van der Waals surface area contributed by atoms with Crippen LogP contribution in [0.5, 0.6) is 0 Å². The van der Waals surface area contributed by atoms with Crippen LogP contribution < -0.4 is 5.73 Å². The minimum absolute atomic E-state index is 0.0690. The summed E-state index contributed by atoms with van der Waals surface area (Å²) in [6, 6.07) is 4.97. The third-order valence-corrected chi connectivity index (χ3v) is 3.63. The topological polar surface area (TPSA) is 35.2 Å². The maximum absolute atomic E-state index is 13.3. The molecule has 1 heterocycles. The minimum atomic E-state index is -0.372. The summed E-state index contributed by atoms with van der Waals surface area (Å²) in [6.45, 7) is 1.57. The number of hydrogen-bond donors (Lipinski definition) is 1. The van der Waals surface area contributed by atoms with Gasteiger partial charge in [-0.1, -0.05) is 17.7 Å². The van der Waals surface area contributed by atoms with Gasteiger partial charge in [0.1, 0.15) is 5.82 Å². The lowest BCUT2D eigenvalue weighted by atomic mass is 9.88. The van der Waals surface area contributed by atoms with Crippen molar-refractivity contribution in [2.24, 2.45) is 11.7 Å². The van der Waals surface area contributed by atoms with E-state index in [-0.39, 0.29) is 16.9 Å². The van der Waals surface area contributed by atoms with Gasteiger partial charge in [0.25, 0.3) is 0 Å². The Labute approximate surface area is 106 Å². The number of benzene rings is 1. The average Bonchev–Trinajstić information content (AvgIpc) is 2.35. The van der Waals surface area contributed by atoms with Gasteiger partial charge in [0.05, 0.1) is 5.02 Å². The molecule has 1 aliphatic heterocycles. The molecule has 0 amide bonds. The Hall–Kier alpha value is -0.640. The summed E-state index contributed by atoms with van der Waals surface area (Å²) >= 11 is 5.64. The van der Waals surface area contributed by atoms with Crippen LogP contribution in [0.4, 0.5) is 4.39 Å². The Morgan fingerprint density at radius 1 is 1.41 bits per heavy atom. The molecule has 0 radical (unpaired) electrons. The van der Waals surface area contributed by atoms with Gasteiger partial charge < -0.3 is 10.5 Å². The van der Waals surface area contributed by atoms with Gasteiger partial charge in [0.2, 0.25) is 0 Å². The van der Waals surface area contributed by atoms with Crippen LogP contribution in [0.3, 0.4) is 0 Å². The molecule has 1 fully saturated rings. The first-order valence-electron chi connectivity index (χ1n) is 5.94. The molecule has 0 bridgehead atoms. The van der Waals surface area contributed by atoms with Crippen molar-refractivity contribution in [2.75, 3.05) is 13.2 Å². The highest BCUT2D eigenvalue weighted by Gasteiger charge is 2.21. The third kappa shape index (κ3) is 3.41. The molecule has 0 spiro atoms. The molecule has 1 aromatic rings. The summed E-state index contributed by atoms with van der Waals surface area (Å²) in [7, 11) is 0. The summed E-state index contributed by atoms with van der Waals surface area (Å²) in [4.78, 5) is 0. The zero-order valence-corrected chi connectivity index (χ0v) is 10.4. The first-order valence-corrected chi connectivity index (χ1v) is 6.32. The molecule has 2 N–H and O–H groups in total. The fourth-order valence-electron chi connectivity index (χ4n) is 2.25. The van der Waals surface area contributed by atoms with E-state index in [0.29, 0.717) is 12.3 Å². The lowest BCUT2D eigenvalue weighted by Gasteiger charge is -2.27. The van der Waals surface area contributed by atoms with E-state index >= 15 is 0 Å². The highest BCUT2D eigenvalue weighted by atomic mass is 35.5. The third-order valence-electron chi connectivity index (χ3n) is 3.33. The minimum Gasteiger partial charge on any atom is -0.381 e. The Balaban J connectivity index is 1.96. The van der Waals surface area contributed by atoms with Gasteiger partial charge in [0.15, 0.2) is 0 Å². The number of rotatable bonds is 3. The van der Waals surface area contributed by atoms with Gasteiger partial charge in [0, 0.05) is 19.3 Å². The van der Waals surface area contributed by atoms with Crippen LogP contribution >= 0.6 is 11.6 Å². The van der Waals surface area contributed by atoms with E-state index in [1.165, 1.54) is 6.07 Å². The Bertz CT molecular complexity index is 380. The summed E-state index contributed by atoms with van der Waals surface area (Å²) in [5.74, 6) is 0.103. The van der Waals surface area contributed by atoms with E-state index in [2.05, 4.69) is 0 Å². The SMILES string of the molecule is NC(Cc1ccc(Cl)c(F)c1)C1CCOCC1. The largest absolute Gasteiger partial charge is 0.381 e. The Morgan fingerprint density at radius 2 is 2.12 bits per heavy atom. The van der Waals surface area contributed by atoms with Crippen LogP contribution in [0.2, 0.25) is 5.02 Å². The van der Waals surface area contributed by atoms with Crippen LogP contribution in [0.15, 0.2) is 18.2 Å². The number of halogens is 2. The van der Waals surface area contributed by atoms with Gasteiger partial charge in [-0.2, -0.15) is 0 Å². The molecular formula is C13H17ClFNO. The average molecular weight is 258 g/mol.